The summed E-state index contributed by atoms with van der Waals surface area (Å²) in [6.07, 6.45) is 8.71. The van der Waals surface area contributed by atoms with E-state index in [9.17, 15) is 5.11 Å². The standard InChI is InChI=1S/C10H14N2O/c1-2-3-4-5-10(13)9-8-11-6-7-12-9/h2,6-8,10,13H,1,3-5H2. The van der Waals surface area contributed by atoms with E-state index in [2.05, 4.69) is 16.5 Å². The molecule has 0 aliphatic heterocycles. The summed E-state index contributed by atoms with van der Waals surface area (Å²) < 4.78 is 0. The van der Waals surface area contributed by atoms with Crippen molar-refractivity contribution in [3.05, 3.63) is 36.9 Å². The molecule has 1 N–H and O–H groups in total. The number of aromatic nitrogens is 2. The van der Waals surface area contributed by atoms with Crippen molar-refractivity contribution in [3.8, 4) is 0 Å². The van der Waals surface area contributed by atoms with E-state index in [1.54, 1.807) is 18.6 Å². The smallest absolute Gasteiger partial charge is 0.0975 e. The molecule has 1 rings (SSSR count). The zero-order valence-electron chi connectivity index (χ0n) is 7.56. The van der Waals surface area contributed by atoms with Crippen LogP contribution in [0.1, 0.15) is 31.1 Å². The summed E-state index contributed by atoms with van der Waals surface area (Å²) in [6, 6.07) is 0. The molecule has 0 amide bonds. The Kier molecular flexibility index (Phi) is 4.12. The van der Waals surface area contributed by atoms with E-state index in [-0.39, 0.29) is 0 Å². The van der Waals surface area contributed by atoms with Gasteiger partial charge in [0, 0.05) is 12.4 Å². The highest BCUT2D eigenvalue weighted by Crippen LogP contribution is 2.15. The molecule has 1 aromatic heterocycles. The van der Waals surface area contributed by atoms with Crippen molar-refractivity contribution in [1.82, 2.24) is 9.97 Å². The number of allylic oxidation sites excluding steroid dienone is 1. The number of nitrogens with zero attached hydrogens (tertiary/aromatic N) is 2. The average molecular weight is 178 g/mol. The lowest BCUT2D eigenvalue weighted by atomic mass is 10.1. The molecule has 0 aliphatic rings. The summed E-state index contributed by atoms with van der Waals surface area (Å²) >= 11 is 0. The van der Waals surface area contributed by atoms with E-state index >= 15 is 0 Å². The molecule has 0 radical (unpaired) electrons. The molecule has 3 nitrogen and oxygen atoms in total. The second kappa shape index (κ2) is 5.43. The van der Waals surface area contributed by atoms with E-state index in [0.29, 0.717) is 12.1 Å². The van der Waals surface area contributed by atoms with Crippen molar-refractivity contribution < 1.29 is 5.11 Å². The molecule has 0 saturated carbocycles. The zero-order chi connectivity index (χ0) is 9.52. The van der Waals surface area contributed by atoms with Crippen LogP contribution in [0.3, 0.4) is 0 Å². The predicted molar refractivity (Wildman–Crippen MR) is 51.0 cm³/mol. The maximum Gasteiger partial charge on any atom is 0.0975 e. The first kappa shape index (κ1) is 9.86. The van der Waals surface area contributed by atoms with Crippen molar-refractivity contribution in [2.45, 2.75) is 25.4 Å². The summed E-state index contributed by atoms with van der Waals surface area (Å²) in [5.74, 6) is 0. The van der Waals surface area contributed by atoms with Crippen molar-refractivity contribution in [1.29, 1.82) is 0 Å². The molecular formula is C10H14N2O. The second-order valence-corrected chi connectivity index (χ2v) is 2.87. The first-order chi connectivity index (χ1) is 6.34. The third-order valence-electron chi connectivity index (χ3n) is 1.81. The highest BCUT2D eigenvalue weighted by atomic mass is 16.3. The molecule has 0 spiro atoms. The maximum atomic E-state index is 9.61. The van der Waals surface area contributed by atoms with E-state index in [1.165, 1.54) is 0 Å². The Morgan fingerprint density at radius 1 is 1.54 bits per heavy atom. The van der Waals surface area contributed by atoms with Gasteiger partial charge in [0.1, 0.15) is 0 Å². The normalized spacial score (nSPS) is 12.4. The summed E-state index contributed by atoms with van der Waals surface area (Å²) in [4.78, 5) is 7.91. The minimum Gasteiger partial charge on any atom is -0.387 e. The average Bonchev–Trinajstić information content (AvgIpc) is 2.19. The van der Waals surface area contributed by atoms with E-state index in [1.807, 2.05) is 6.08 Å². The molecule has 1 atom stereocenters. The number of unbranched alkanes of at least 4 members (excludes halogenated alkanes) is 1. The molecule has 1 unspecified atom stereocenters. The number of aliphatic hydroxyl groups excluding tert-OH is 1. The van der Waals surface area contributed by atoms with Crippen LogP contribution in [0.4, 0.5) is 0 Å². The van der Waals surface area contributed by atoms with Crippen molar-refractivity contribution in [2.75, 3.05) is 0 Å². The van der Waals surface area contributed by atoms with Crippen molar-refractivity contribution >= 4 is 0 Å². The Morgan fingerprint density at radius 3 is 3.00 bits per heavy atom. The van der Waals surface area contributed by atoms with Gasteiger partial charge in [-0.1, -0.05) is 6.08 Å². The van der Waals surface area contributed by atoms with Gasteiger partial charge in [-0.2, -0.15) is 0 Å². The van der Waals surface area contributed by atoms with Gasteiger partial charge in [0.25, 0.3) is 0 Å². The Morgan fingerprint density at radius 2 is 2.38 bits per heavy atom. The third-order valence-corrected chi connectivity index (χ3v) is 1.81. The zero-order valence-corrected chi connectivity index (χ0v) is 7.56. The second-order valence-electron chi connectivity index (χ2n) is 2.87. The number of hydrogen-bond donors (Lipinski definition) is 1. The molecular weight excluding hydrogens is 164 g/mol. The van der Waals surface area contributed by atoms with E-state index in [0.717, 1.165) is 12.8 Å². The highest BCUT2D eigenvalue weighted by molar-refractivity contribution is 4.98. The van der Waals surface area contributed by atoms with Gasteiger partial charge in [0.2, 0.25) is 0 Å². The Labute approximate surface area is 78.2 Å². The van der Waals surface area contributed by atoms with Crippen LogP contribution in [0.2, 0.25) is 0 Å². The summed E-state index contributed by atoms with van der Waals surface area (Å²) in [5, 5.41) is 9.61. The van der Waals surface area contributed by atoms with Gasteiger partial charge in [-0.15, -0.1) is 6.58 Å². The van der Waals surface area contributed by atoms with Gasteiger partial charge in [0.15, 0.2) is 0 Å². The van der Waals surface area contributed by atoms with Crippen LogP contribution in [0, 0.1) is 0 Å². The summed E-state index contributed by atoms with van der Waals surface area (Å²) in [5.41, 5.74) is 0.645. The number of aliphatic hydroxyl groups is 1. The SMILES string of the molecule is C=CCCCC(O)c1cnccn1. The fraction of sp³-hybridized carbons (Fsp3) is 0.400. The Hall–Kier alpha value is -1.22. The van der Waals surface area contributed by atoms with Gasteiger partial charge in [-0.25, -0.2) is 0 Å². The molecule has 1 aromatic rings. The lowest BCUT2D eigenvalue weighted by Gasteiger charge is -2.07. The molecule has 0 aromatic carbocycles. The molecule has 0 bridgehead atoms. The topological polar surface area (TPSA) is 46.0 Å². The van der Waals surface area contributed by atoms with Crippen LogP contribution in [0.5, 0.6) is 0 Å². The predicted octanol–water partition coefficient (Wildman–Crippen LogP) is 1.87. The van der Waals surface area contributed by atoms with Gasteiger partial charge >= 0.3 is 0 Å². The molecule has 1 heterocycles. The van der Waals surface area contributed by atoms with Gasteiger partial charge < -0.3 is 5.11 Å². The quantitative estimate of drug-likeness (QED) is 0.553. The van der Waals surface area contributed by atoms with Crippen molar-refractivity contribution in [3.63, 3.8) is 0 Å². The summed E-state index contributed by atoms with van der Waals surface area (Å²) in [6.45, 7) is 3.62. The number of rotatable bonds is 5. The monoisotopic (exact) mass is 178 g/mol. The first-order valence-corrected chi connectivity index (χ1v) is 4.39. The van der Waals surface area contributed by atoms with Gasteiger partial charge in [0.05, 0.1) is 18.0 Å². The van der Waals surface area contributed by atoms with E-state index < -0.39 is 6.10 Å². The molecule has 70 valence electrons. The fourth-order valence-corrected chi connectivity index (χ4v) is 1.09. The van der Waals surface area contributed by atoms with Crippen LogP contribution < -0.4 is 0 Å². The first-order valence-electron chi connectivity index (χ1n) is 4.39. The minimum absolute atomic E-state index is 0.492. The molecule has 0 aliphatic carbocycles. The number of hydrogen-bond acceptors (Lipinski definition) is 3. The molecule has 13 heavy (non-hydrogen) atoms. The van der Waals surface area contributed by atoms with Gasteiger partial charge in [-0.05, 0) is 19.3 Å². The Bertz CT molecular complexity index is 248. The van der Waals surface area contributed by atoms with E-state index in [4.69, 9.17) is 0 Å². The van der Waals surface area contributed by atoms with Crippen LogP contribution >= 0.6 is 0 Å². The molecule has 0 saturated heterocycles. The van der Waals surface area contributed by atoms with Crippen LogP contribution in [-0.2, 0) is 0 Å². The highest BCUT2D eigenvalue weighted by Gasteiger charge is 2.07. The van der Waals surface area contributed by atoms with Gasteiger partial charge in [-0.3, -0.25) is 9.97 Å². The lowest BCUT2D eigenvalue weighted by molar-refractivity contribution is 0.160. The van der Waals surface area contributed by atoms with Crippen LogP contribution in [0.15, 0.2) is 31.2 Å². The van der Waals surface area contributed by atoms with Crippen LogP contribution in [-0.4, -0.2) is 15.1 Å². The molecule has 0 fully saturated rings. The fourth-order valence-electron chi connectivity index (χ4n) is 1.09. The summed E-state index contributed by atoms with van der Waals surface area (Å²) in [7, 11) is 0. The maximum absolute atomic E-state index is 9.61. The largest absolute Gasteiger partial charge is 0.387 e. The third kappa shape index (κ3) is 3.34. The molecule has 3 heteroatoms. The van der Waals surface area contributed by atoms with Crippen LogP contribution in [0.25, 0.3) is 0 Å². The van der Waals surface area contributed by atoms with Crippen molar-refractivity contribution in [2.24, 2.45) is 0 Å². The minimum atomic E-state index is -0.492. The lowest BCUT2D eigenvalue weighted by Crippen LogP contribution is -2.00. The Balaban J connectivity index is 2.39.